The summed E-state index contributed by atoms with van der Waals surface area (Å²) in [5, 5.41) is 19.8. The van der Waals surface area contributed by atoms with E-state index in [1.165, 1.54) is 18.3 Å². The van der Waals surface area contributed by atoms with Crippen LogP contribution in [0, 0.1) is 28.4 Å². The van der Waals surface area contributed by atoms with Gasteiger partial charge in [-0.15, -0.1) is 0 Å². The molecule has 0 saturated carbocycles. The third kappa shape index (κ3) is 2.75. The zero-order valence-electron chi connectivity index (χ0n) is 10.3. The molecular formula is C14H11N3O2. The lowest BCUT2D eigenvalue weighted by molar-refractivity contribution is -0.385. The van der Waals surface area contributed by atoms with Crippen LogP contribution in [-0.2, 0) is 0 Å². The lowest BCUT2D eigenvalue weighted by Crippen LogP contribution is -2.02. The van der Waals surface area contributed by atoms with Gasteiger partial charge in [0.25, 0.3) is 5.69 Å². The third-order valence-corrected chi connectivity index (χ3v) is 2.78. The molecule has 5 heteroatoms. The van der Waals surface area contributed by atoms with Crippen molar-refractivity contribution in [2.45, 2.75) is 12.8 Å². The molecule has 0 spiro atoms. The van der Waals surface area contributed by atoms with E-state index >= 15 is 0 Å². The van der Waals surface area contributed by atoms with Gasteiger partial charge in [0.15, 0.2) is 0 Å². The van der Waals surface area contributed by atoms with Crippen LogP contribution in [-0.4, -0.2) is 9.91 Å². The highest BCUT2D eigenvalue weighted by Gasteiger charge is 2.16. The van der Waals surface area contributed by atoms with E-state index in [9.17, 15) is 15.4 Å². The summed E-state index contributed by atoms with van der Waals surface area (Å²) < 4.78 is 0. The quantitative estimate of drug-likeness (QED) is 0.622. The minimum Gasteiger partial charge on any atom is -0.258 e. The van der Waals surface area contributed by atoms with Gasteiger partial charge in [-0.25, -0.2) is 0 Å². The molecule has 19 heavy (non-hydrogen) atoms. The van der Waals surface area contributed by atoms with Crippen LogP contribution in [0.1, 0.15) is 22.7 Å². The Bertz CT molecular complexity index is 644. The maximum atomic E-state index is 10.6. The second-order valence-electron chi connectivity index (χ2n) is 4.17. The molecule has 2 rings (SSSR count). The molecular weight excluding hydrogens is 242 g/mol. The SMILES string of the molecule is Cc1cccc(C(C#N)c2ccc([N+](=O)[O-])cn2)c1. The Balaban J connectivity index is 2.38. The number of hydrogen-bond acceptors (Lipinski definition) is 4. The normalized spacial score (nSPS) is 11.6. The van der Waals surface area contributed by atoms with Gasteiger partial charge in [-0.1, -0.05) is 29.8 Å². The molecule has 1 heterocycles. The maximum absolute atomic E-state index is 10.6. The van der Waals surface area contributed by atoms with Crippen molar-refractivity contribution in [2.75, 3.05) is 0 Å². The minimum absolute atomic E-state index is 0.0790. The Hall–Kier alpha value is -2.74. The second-order valence-corrected chi connectivity index (χ2v) is 4.17. The number of pyridine rings is 1. The number of nitro groups is 1. The predicted octanol–water partition coefficient (Wildman–Crippen LogP) is 2.95. The molecule has 0 aliphatic heterocycles. The lowest BCUT2D eigenvalue weighted by Gasteiger charge is -2.09. The van der Waals surface area contributed by atoms with Crippen molar-refractivity contribution >= 4 is 5.69 Å². The number of nitriles is 1. The number of benzene rings is 1. The fourth-order valence-corrected chi connectivity index (χ4v) is 1.84. The van der Waals surface area contributed by atoms with Crippen LogP contribution in [0.3, 0.4) is 0 Å². The monoisotopic (exact) mass is 253 g/mol. The summed E-state index contributed by atoms with van der Waals surface area (Å²) >= 11 is 0. The molecule has 1 unspecified atom stereocenters. The summed E-state index contributed by atoms with van der Waals surface area (Å²) in [7, 11) is 0. The molecule has 0 bridgehead atoms. The topological polar surface area (TPSA) is 79.8 Å². The minimum atomic E-state index is -0.513. The van der Waals surface area contributed by atoms with Crippen LogP contribution >= 0.6 is 0 Å². The summed E-state index contributed by atoms with van der Waals surface area (Å²) in [5.74, 6) is -0.513. The Morgan fingerprint density at radius 1 is 1.37 bits per heavy atom. The standard InChI is InChI=1S/C14H11N3O2/c1-10-3-2-4-11(7-10)13(8-15)14-6-5-12(9-16-14)17(18)19/h2-7,9,13H,1H3. The van der Waals surface area contributed by atoms with Crippen molar-refractivity contribution in [3.63, 3.8) is 0 Å². The Kier molecular flexibility index (Phi) is 3.53. The Morgan fingerprint density at radius 3 is 2.68 bits per heavy atom. The molecule has 1 atom stereocenters. The van der Waals surface area contributed by atoms with Gasteiger partial charge in [-0.05, 0) is 18.6 Å². The first-order chi connectivity index (χ1) is 9.11. The lowest BCUT2D eigenvalue weighted by atomic mass is 9.95. The molecule has 94 valence electrons. The van der Waals surface area contributed by atoms with Crippen molar-refractivity contribution < 1.29 is 4.92 Å². The summed E-state index contributed by atoms with van der Waals surface area (Å²) in [5.41, 5.74) is 2.33. The highest BCUT2D eigenvalue weighted by atomic mass is 16.6. The average Bonchev–Trinajstić information content (AvgIpc) is 2.40. The van der Waals surface area contributed by atoms with Gasteiger partial charge in [-0.2, -0.15) is 5.26 Å². The molecule has 1 aromatic carbocycles. The van der Waals surface area contributed by atoms with E-state index in [1.807, 2.05) is 31.2 Å². The zero-order chi connectivity index (χ0) is 13.8. The van der Waals surface area contributed by atoms with Gasteiger partial charge in [-0.3, -0.25) is 15.1 Å². The van der Waals surface area contributed by atoms with Crippen LogP contribution in [0.4, 0.5) is 5.69 Å². The molecule has 0 amide bonds. The largest absolute Gasteiger partial charge is 0.287 e. The van der Waals surface area contributed by atoms with E-state index < -0.39 is 10.8 Å². The van der Waals surface area contributed by atoms with Gasteiger partial charge >= 0.3 is 0 Å². The number of rotatable bonds is 3. The maximum Gasteiger partial charge on any atom is 0.287 e. The highest BCUT2D eigenvalue weighted by Crippen LogP contribution is 2.24. The van der Waals surface area contributed by atoms with E-state index in [0.29, 0.717) is 5.69 Å². The molecule has 0 aliphatic rings. The average molecular weight is 253 g/mol. The van der Waals surface area contributed by atoms with Gasteiger partial charge < -0.3 is 0 Å². The van der Waals surface area contributed by atoms with Crippen LogP contribution in [0.5, 0.6) is 0 Å². The molecule has 2 aromatic rings. The van der Waals surface area contributed by atoms with Gasteiger partial charge in [0.2, 0.25) is 0 Å². The Labute approximate surface area is 110 Å². The number of hydrogen-bond donors (Lipinski definition) is 0. The van der Waals surface area contributed by atoms with Crippen LogP contribution in [0.25, 0.3) is 0 Å². The van der Waals surface area contributed by atoms with Crippen molar-refractivity contribution in [3.8, 4) is 6.07 Å². The molecule has 0 aliphatic carbocycles. The second kappa shape index (κ2) is 5.27. The summed E-state index contributed by atoms with van der Waals surface area (Å²) in [6.07, 6.45) is 1.18. The van der Waals surface area contributed by atoms with Crippen molar-refractivity contribution in [1.82, 2.24) is 4.98 Å². The zero-order valence-corrected chi connectivity index (χ0v) is 10.3. The number of aromatic nitrogens is 1. The summed E-state index contributed by atoms with van der Waals surface area (Å²) in [6, 6.07) is 12.6. The van der Waals surface area contributed by atoms with Crippen molar-refractivity contribution in [3.05, 3.63) is 69.5 Å². The first-order valence-corrected chi connectivity index (χ1v) is 5.68. The van der Waals surface area contributed by atoms with E-state index in [4.69, 9.17) is 0 Å². The fraction of sp³-hybridized carbons (Fsp3) is 0.143. The summed E-state index contributed by atoms with van der Waals surface area (Å²) in [6.45, 7) is 1.95. The van der Waals surface area contributed by atoms with Gasteiger partial charge in [0.05, 0.1) is 16.7 Å². The number of nitrogens with zero attached hydrogens (tertiary/aromatic N) is 3. The fourth-order valence-electron chi connectivity index (χ4n) is 1.84. The Morgan fingerprint density at radius 2 is 2.16 bits per heavy atom. The predicted molar refractivity (Wildman–Crippen MR) is 69.5 cm³/mol. The third-order valence-electron chi connectivity index (χ3n) is 2.78. The highest BCUT2D eigenvalue weighted by molar-refractivity contribution is 5.38. The van der Waals surface area contributed by atoms with Crippen molar-refractivity contribution in [2.24, 2.45) is 0 Å². The molecule has 0 N–H and O–H groups in total. The van der Waals surface area contributed by atoms with E-state index in [1.54, 1.807) is 0 Å². The molecule has 0 saturated heterocycles. The molecule has 5 nitrogen and oxygen atoms in total. The van der Waals surface area contributed by atoms with Gasteiger partial charge in [0, 0.05) is 6.07 Å². The van der Waals surface area contributed by atoms with E-state index in [2.05, 4.69) is 11.1 Å². The smallest absolute Gasteiger partial charge is 0.258 e. The van der Waals surface area contributed by atoms with E-state index in [-0.39, 0.29) is 5.69 Å². The van der Waals surface area contributed by atoms with Crippen LogP contribution < -0.4 is 0 Å². The van der Waals surface area contributed by atoms with Crippen LogP contribution in [0.15, 0.2) is 42.6 Å². The van der Waals surface area contributed by atoms with Crippen molar-refractivity contribution in [1.29, 1.82) is 5.26 Å². The van der Waals surface area contributed by atoms with E-state index in [0.717, 1.165) is 11.1 Å². The number of aryl methyl sites for hydroxylation is 1. The van der Waals surface area contributed by atoms with Crippen LogP contribution in [0.2, 0.25) is 0 Å². The molecule has 1 aromatic heterocycles. The molecule has 0 fully saturated rings. The molecule has 0 radical (unpaired) electrons. The first kappa shape index (κ1) is 12.7. The van der Waals surface area contributed by atoms with Gasteiger partial charge in [0.1, 0.15) is 12.1 Å². The summed E-state index contributed by atoms with van der Waals surface area (Å²) in [4.78, 5) is 14.1. The first-order valence-electron chi connectivity index (χ1n) is 5.68.